The predicted molar refractivity (Wildman–Crippen MR) is 71.6 cm³/mol. The van der Waals surface area contributed by atoms with Crippen molar-refractivity contribution >= 4 is 22.4 Å². The van der Waals surface area contributed by atoms with Crippen LogP contribution >= 0.6 is 11.6 Å². The topological polar surface area (TPSA) is 20.2 Å². The Bertz CT molecular complexity index is 552. The summed E-state index contributed by atoms with van der Waals surface area (Å²) in [4.78, 5) is 0. The van der Waals surface area contributed by atoms with E-state index in [1.807, 2.05) is 18.2 Å². The van der Waals surface area contributed by atoms with Gasteiger partial charge in [-0.15, -0.1) is 0 Å². The van der Waals surface area contributed by atoms with Crippen LogP contribution in [0.15, 0.2) is 36.4 Å². The Morgan fingerprint density at radius 3 is 2.47 bits per heavy atom. The molecule has 3 rings (SSSR count). The molecule has 1 saturated carbocycles. The van der Waals surface area contributed by atoms with Gasteiger partial charge >= 0.3 is 0 Å². The summed E-state index contributed by atoms with van der Waals surface area (Å²) < 4.78 is 0. The molecule has 0 radical (unpaired) electrons. The van der Waals surface area contributed by atoms with Crippen LogP contribution < -0.4 is 0 Å². The number of fused-ring (bicyclic) bond motifs is 1. The number of hydrogen-bond acceptors (Lipinski definition) is 1. The summed E-state index contributed by atoms with van der Waals surface area (Å²) in [6.07, 6.45) is 3.40. The van der Waals surface area contributed by atoms with Crippen LogP contribution in [0.1, 0.15) is 24.8 Å². The average molecular weight is 247 g/mol. The van der Waals surface area contributed by atoms with Crippen molar-refractivity contribution in [3.63, 3.8) is 0 Å². The molecule has 1 aliphatic carbocycles. The van der Waals surface area contributed by atoms with Gasteiger partial charge in [0.25, 0.3) is 0 Å². The van der Waals surface area contributed by atoms with Gasteiger partial charge in [-0.25, -0.2) is 0 Å². The molecule has 17 heavy (non-hydrogen) atoms. The average Bonchev–Trinajstić information content (AvgIpc) is 2.28. The summed E-state index contributed by atoms with van der Waals surface area (Å²) in [6, 6.07) is 12.4. The first-order chi connectivity index (χ1) is 8.23. The van der Waals surface area contributed by atoms with Gasteiger partial charge in [0.05, 0.1) is 6.61 Å². The number of aliphatic hydroxyl groups excluding tert-OH is 1. The minimum atomic E-state index is 0.0104. The standard InChI is InChI=1S/C15H15ClO/c16-14-5-3-11-2-4-13(8-12(11)9-14)15(10-17)6-1-7-15/h2-5,8-9,17H,1,6-7,10H2. The molecular weight excluding hydrogens is 232 g/mol. The van der Waals surface area contributed by atoms with Gasteiger partial charge in [-0.05, 0) is 41.3 Å². The second kappa shape index (κ2) is 4.01. The number of rotatable bonds is 2. The van der Waals surface area contributed by atoms with E-state index in [1.165, 1.54) is 17.4 Å². The molecule has 0 atom stereocenters. The minimum absolute atomic E-state index is 0.0104. The van der Waals surface area contributed by atoms with Gasteiger partial charge < -0.3 is 5.11 Å². The van der Waals surface area contributed by atoms with E-state index in [-0.39, 0.29) is 12.0 Å². The normalized spacial score (nSPS) is 18.0. The highest BCUT2D eigenvalue weighted by atomic mass is 35.5. The molecule has 1 N–H and O–H groups in total. The summed E-state index contributed by atoms with van der Waals surface area (Å²) in [5.41, 5.74) is 1.26. The van der Waals surface area contributed by atoms with Crippen molar-refractivity contribution in [3.8, 4) is 0 Å². The summed E-state index contributed by atoms with van der Waals surface area (Å²) in [5, 5.41) is 12.7. The Balaban J connectivity index is 2.12. The molecule has 1 fully saturated rings. The lowest BCUT2D eigenvalue weighted by Gasteiger charge is -2.41. The molecule has 2 aromatic rings. The maximum absolute atomic E-state index is 9.59. The Morgan fingerprint density at radius 1 is 1.06 bits per heavy atom. The van der Waals surface area contributed by atoms with Crippen molar-refractivity contribution in [3.05, 3.63) is 47.0 Å². The van der Waals surface area contributed by atoms with E-state index in [0.29, 0.717) is 0 Å². The minimum Gasteiger partial charge on any atom is -0.395 e. The second-order valence-corrected chi connectivity index (χ2v) is 5.43. The van der Waals surface area contributed by atoms with E-state index >= 15 is 0 Å². The van der Waals surface area contributed by atoms with E-state index < -0.39 is 0 Å². The SMILES string of the molecule is OCC1(c2ccc3ccc(Cl)cc3c2)CCC1. The van der Waals surface area contributed by atoms with E-state index in [0.717, 1.165) is 23.3 Å². The van der Waals surface area contributed by atoms with Crippen molar-refractivity contribution in [1.29, 1.82) is 0 Å². The van der Waals surface area contributed by atoms with Crippen molar-refractivity contribution < 1.29 is 5.11 Å². The number of hydrogen-bond donors (Lipinski definition) is 1. The molecule has 0 aromatic heterocycles. The van der Waals surface area contributed by atoms with Gasteiger partial charge in [-0.2, -0.15) is 0 Å². The predicted octanol–water partition coefficient (Wildman–Crippen LogP) is 3.91. The van der Waals surface area contributed by atoms with Crippen LogP contribution in [0, 0.1) is 0 Å². The fourth-order valence-corrected chi connectivity index (χ4v) is 2.87. The van der Waals surface area contributed by atoms with Gasteiger partial charge in [0.2, 0.25) is 0 Å². The first-order valence-electron chi connectivity index (χ1n) is 6.04. The highest BCUT2D eigenvalue weighted by Gasteiger charge is 2.37. The third-order valence-corrected chi connectivity index (χ3v) is 4.26. The zero-order chi connectivity index (χ0) is 11.9. The summed E-state index contributed by atoms with van der Waals surface area (Å²) in [7, 11) is 0. The smallest absolute Gasteiger partial charge is 0.0527 e. The van der Waals surface area contributed by atoms with Crippen molar-refractivity contribution in [1.82, 2.24) is 0 Å². The zero-order valence-electron chi connectivity index (χ0n) is 9.62. The molecule has 2 heteroatoms. The number of halogens is 1. The van der Waals surface area contributed by atoms with E-state index in [9.17, 15) is 5.11 Å². The highest BCUT2D eigenvalue weighted by molar-refractivity contribution is 6.31. The van der Waals surface area contributed by atoms with Crippen molar-refractivity contribution in [2.75, 3.05) is 6.61 Å². The molecule has 0 spiro atoms. The Morgan fingerprint density at radius 2 is 1.82 bits per heavy atom. The monoisotopic (exact) mass is 246 g/mol. The quantitative estimate of drug-likeness (QED) is 0.852. The van der Waals surface area contributed by atoms with Gasteiger partial charge in [0.15, 0.2) is 0 Å². The lowest BCUT2D eigenvalue weighted by molar-refractivity contribution is 0.120. The Kier molecular flexibility index (Phi) is 2.61. The first kappa shape index (κ1) is 11.1. The molecule has 1 nitrogen and oxygen atoms in total. The number of benzene rings is 2. The maximum atomic E-state index is 9.59. The molecule has 0 heterocycles. The molecular formula is C15H15ClO. The second-order valence-electron chi connectivity index (χ2n) is 5.00. The largest absolute Gasteiger partial charge is 0.395 e. The summed E-state index contributed by atoms with van der Waals surface area (Å²) in [5.74, 6) is 0. The van der Waals surface area contributed by atoms with Gasteiger partial charge in [-0.3, -0.25) is 0 Å². The van der Waals surface area contributed by atoms with Crippen LogP contribution in [0.25, 0.3) is 10.8 Å². The third kappa shape index (κ3) is 1.74. The van der Waals surface area contributed by atoms with Crippen LogP contribution in [0.4, 0.5) is 0 Å². The lowest BCUT2D eigenvalue weighted by Crippen LogP contribution is -2.37. The van der Waals surface area contributed by atoms with Crippen LogP contribution in [0.2, 0.25) is 5.02 Å². The van der Waals surface area contributed by atoms with Crippen LogP contribution in [-0.4, -0.2) is 11.7 Å². The van der Waals surface area contributed by atoms with Crippen molar-refractivity contribution in [2.45, 2.75) is 24.7 Å². The first-order valence-corrected chi connectivity index (χ1v) is 6.42. The van der Waals surface area contributed by atoms with Crippen molar-refractivity contribution in [2.24, 2.45) is 0 Å². The summed E-state index contributed by atoms with van der Waals surface area (Å²) in [6.45, 7) is 0.249. The molecule has 2 aromatic carbocycles. The van der Waals surface area contributed by atoms with E-state index in [1.54, 1.807) is 0 Å². The lowest BCUT2D eigenvalue weighted by atomic mass is 9.65. The highest BCUT2D eigenvalue weighted by Crippen LogP contribution is 2.44. The molecule has 1 aliphatic rings. The Labute approximate surface area is 106 Å². The van der Waals surface area contributed by atoms with Gasteiger partial charge in [0, 0.05) is 10.4 Å². The third-order valence-electron chi connectivity index (χ3n) is 4.03. The van der Waals surface area contributed by atoms with Crippen LogP contribution in [0.5, 0.6) is 0 Å². The maximum Gasteiger partial charge on any atom is 0.0527 e. The molecule has 0 amide bonds. The molecule has 0 unspecified atom stereocenters. The van der Waals surface area contributed by atoms with E-state index in [2.05, 4.69) is 18.2 Å². The Hall–Kier alpha value is -1.05. The van der Waals surface area contributed by atoms with E-state index in [4.69, 9.17) is 11.6 Å². The summed E-state index contributed by atoms with van der Waals surface area (Å²) >= 11 is 6.02. The molecule has 0 saturated heterocycles. The van der Waals surface area contributed by atoms with Gasteiger partial charge in [0.1, 0.15) is 0 Å². The molecule has 0 bridgehead atoms. The molecule has 88 valence electrons. The fourth-order valence-electron chi connectivity index (χ4n) is 2.69. The van der Waals surface area contributed by atoms with Gasteiger partial charge in [-0.1, -0.05) is 42.3 Å². The fraction of sp³-hybridized carbons (Fsp3) is 0.333. The molecule has 0 aliphatic heterocycles. The zero-order valence-corrected chi connectivity index (χ0v) is 10.4. The number of aliphatic hydroxyl groups is 1. The van der Waals surface area contributed by atoms with Crippen LogP contribution in [0.3, 0.4) is 0 Å². The van der Waals surface area contributed by atoms with Crippen LogP contribution in [-0.2, 0) is 5.41 Å².